The number of nitrogens with zero attached hydrogens (tertiary/aromatic N) is 1. The number of carboxylic acid groups (broad SMARTS) is 1. The van der Waals surface area contributed by atoms with Crippen molar-refractivity contribution in [2.24, 2.45) is 0 Å². The van der Waals surface area contributed by atoms with Gasteiger partial charge in [-0.3, -0.25) is 0 Å². The van der Waals surface area contributed by atoms with Crippen molar-refractivity contribution in [1.82, 2.24) is 0 Å². The molecule has 0 aromatic heterocycles. The van der Waals surface area contributed by atoms with Crippen LogP contribution in [0.3, 0.4) is 0 Å². The average molecular weight is 436 g/mol. The smallest absolute Gasteiger partial charge is 0.345 e. The highest BCUT2D eigenvalue weighted by molar-refractivity contribution is 7.99. The third kappa shape index (κ3) is 5.33. The molecule has 3 aromatic rings. The molecule has 0 saturated heterocycles. The predicted octanol–water partition coefficient (Wildman–Crippen LogP) is 5.10. The highest BCUT2D eigenvalue weighted by Crippen LogP contribution is 2.35. The van der Waals surface area contributed by atoms with Crippen molar-refractivity contribution < 1.29 is 19.4 Å². The number of carbonyl (C=O) groups is 1. The van der Waals surface area contributed by atoms with Crippen LogP contribution in [0.25, 0.3) is 0 Å². The molecule has 6 heteroatoms. The zero-order chi connectivity index (χ0) is 21.6. The molecule has 2 atom stereocenters. The van der Waals surface area contributed by atoms with Crippen LogP contribution in [0.2, 0.25) is 0 Å². The Hall–Kier alpha value is -3.12. The Bertz CT molecular complexity index is 1010. The maximum atomic E-state index is 11.6. The molecule has 0 amide bonds. The van der Waals surface area contributed by atoms with Crippen molar-refractivity contribution in [3.05, 3.63) is 84.4 Å². The highest BCUT2D eigenvalue weighted by Gasteiger charge is 2.23. The van der Waals surface area contributed by atoms with Gasteiger partial charge in [0.25, 0.3) is 0 Å². The van der Waals surface area contributed by atoms with Gasteiger partial charge >= 0.3 is 5.97 Å². The maximum Gasteiger partial charge on any atom is 0.345 e. The van der Waals surface area contributed by atoms with E-state index < -0.39 is 12.1 Å². The number of benzene rings is 3. The largest absolute Gasteiger partial charge is 0.478 e. The van der Waals surface area contributed by atoms with E-state index >= 15 is 0 Å². The van der Waals surface area contributed by atoms with E-state index in [1.807, 2.05) is 54.2 Å². The number of aliphatic carboxylic acids is 1. The second-order valence-corrected chi connectivity index (χ2v) is 8.47. The molecule has 0 bridgehead atoms. The fourth-order valence-corrected chi connectivity index (χ4v) is 4.61. The minimum atomic E-state index is -0.987. The third-order valence-corrected chi connectivity index (χ3v) is 6.19. The molecule has 1 heterocycles. The van der Waals surface area contributed by atoms with Crippen LogP contribution < -0.4 is 14.4 Å². The van der Waals surface area contributed by atoms with Gasteiger partial charge in [0.05, 0.1) is 5.69 Å². The Morgan fingerprint density at radius 3 is 2.39 bits per heavy atom. The molecule has 0 saturated carbocycles. The standard InChI is InChI=1S/C25H25NO4S/c1-18(26-15-16-31-24-10-6-5-9-22(24)26)29-21-13-11-19(12-14-21)17-23(25(27)28)30-20-7-3-2-4-8-20/h2-14,18,23H,15-17H2,1H3,(H,27,28). The number of anilines is 1. The van der Waals surface area contributed by atoms with Gasteiger partial charge in [-0.2, -0.15) is 0 Å². The minimum Gasteiger partial charge on any atom is -0.478 e. The first-order valence-electron chi connectivity index (χ1n) is 10.3. The fourth-order valence-electron chi connectivity index (χ4n) is 3.59. The Balaban J connectivity index is 1.39. The first-order chi connectivity index (χ1) is 15.1. The van der Waals surface area contributed by atoms with E-state index in [0.29, 0.717) is 5.75 Å². The summed E-state index contributed by atoms with van der Waals surface area (Å²) >= 11 is 1.87. The topological polar surface area (TPSA) is 59.0 Å². The van der Waals surface area contributed by atoms with Crippen molar-refractivity contribution in [2.75, 3.05) is 17.2 Å². The summed E-state index contributed by atoms with van der Waals surface area (Å²) in [6.45, 7) is 2.98. The number of ether oxygens (including phenoxy) is 2. The summed E-state index contributed by atoms with van der Waals surface area (Å²) in [7, 11) is 0. The molecule has 2 unspecified atom stereocenters. The second kappa shape index (κ2) is 9.79. The molecule has 31 heavy (non-hydrogen) atoms. The van der Waals surface area contributed by atoms with Gasteiger partial charge in [-0.05, 0) is 48.9 Å². The van der Waals surface area contributed by atoms with E-state index in [1.165, 1.54) is 10.6 Å². The van der Waals surface area contributed by atoms with Crippen molar-refractivity contribution in [2.45, 2.75) is 30.6 Å². The van der Waals surface area contributed by atoms with E-state index in [0.717, 1.165) is 23.6 Å². The summed E-state index contributed by atoms with van der Waals surface area (Å²) in [6, 6.07) is 25.0. The molecule has 1 N–H and O–H groups in total. The fraction of sp³-hybridized carbons (Fsp3) is 0.240. The third-order valence-electron chi connectivity index (χ3n) is 5.15. The molecule has 5 nitrogen and oxygen atoms in total. The second-order valence-electron chi connectivity index (χ2n) is 7.33. The predicted molar refractivity (Wildman–Crippen MR) is 123 cm³/mol. The zero-order valence-electron chi connectivity index (χ0n) is 17.3. The van der Waals surface area contributed by atoms with E-state index in [1.54, 1.807) is 12.1 Å². The van der Waals surface area contributed by atoms with E-state index in [9.17, 15) is 9.90 Å². The van der Waals surface area contributed by atoms with Crippen molar-refractivity contribution >= 4 is 23.4 Å². The van der Waals surface area contributed by atoms with Crippen LogP contribution in [0.1, 0.15) is 12.5 Å². The minimum absolute atomic E-state index is 0.110. The van der Waals surface area contributed by atoms with Gasteiger partial charge in [0.15, 0.2) is 12.3 Å². The summed E-state index contributed by atoms with van der Waals surface area (Å²) in [5.41, 5.74) is 2.08. The van der Waals surface area contributed by atoms with E-state index in [2.05, 4.69) is 36.1 Å². The molecule has 0 spiro atoms. The summed E-state index contributed by atoms with van der Waals surface area (Å²) in [4.78, 5) is 15.2. The van der Waals surface area contributed by atoms with E-state index in [-0.39, 0.29) is 12.6 Å². The van der Waals surface area contributed by atoms with Gasteiger partial charge in [0.2, 0.25) is 0 Å². The number of thioether (sulfide) groups is 1. The Labute approximate surface area is 186 Å². The summed E-state index contributed by atoms with van der Waals surface area (Å²) in [6.07, 6.45) is -0.784. The molecular formula is C25H25NO4S. The molecule has 4 rings (SSSR count). The molecular weight excluding hydrogens is 410 g/mol. The summed E-state index contributed by atoms with van der Waals surface area (Å²) in [5.74, 6) is 1.34. The lowest BCUT2D eigenvalue weighted by atomic mass is 10.1. The lowest BCUT2D eigenvalue weighted by Gasteiger charge is -2.35. The number of fused-ring (bicyclic) bond motifs is 1. The molecule has 160 valence electrons. The van der Waals surface area contributed by atoms with Gasteiger partial charge < -0.3 is 19.5 Å². The highest BCUT2D eigenvalue weighted by atomic mass is 32.2. The van der Waals surface area contributed by atoms with Gasteiger partial charge in [0, 0.05) is 23.6 Å². The number of hydrogen-bond acceptors (Lipinski definition) is 5. The molecule has 0 fully saturated rings. The maximum absolute atomic E-state index is 11.6. The Kier molecular flexibility index (Phi) is 6.67. The number of hydrogen-bond donors (Lipinski definition) is 1. The summed E-state index contributed by atoms with van der Waals surface area (Å²) < 4.78 is 11.8. The summed E-state index contributed by atoms with van der Waals surface area (Å²) in [5, 5.41) is 9.54. The van der Waals surface area contributed by atoms with Gasteiger partial charge in [-0.15, -0.1) is 11.8 Å². The van der Waals surface area contributed by atoms with Gasteiger partial charge in [-0.1, -0.05) is 42.5 Å². The van der Waals surface area contributed by atoms with Crippen LogP contribution in [0.15, 0.2) is 83.8 Å². The van der Waals surface area contributed by atoms with Crippen LogP contribution in [0.5, 0.6) is 11.5 Å². The normalized spacial score (nSPS) is 14.9. The lowest BCUT2D eigenvalue weighted by molar-refractivity contribution is -0.145. The van der Waals surface area contributed by atoms with Crippen molar-refractivity contribution in [3.8, 4) is 11.5 Å². The molecule has 1 aliphatic heterocycles. The molecule has 3 aromatic carbocycles. The lowest BCUT2D eigenvalue weighted by Crippen LogP contribution is -2.40. The van der Waals surface area contributed by atoms with Crippen LogP contribution in [-0.2, 0) is 11.2 Å². The monoisotopic (exact) mass is 435 g/mol. The Morgan fingerprint density at radius 2 is 1.65 bits per heavy atom. The first-order valence-corrected chi connectivity index (χ1v) is 11.3. The van der Waals surface area contributed by atoms with Crippen LogP contribution in [0.4, 0.5) is 5.69 Å². The molecule has 0 radical (unpaired) electrons. The van der Waals surface area contributed by atoms with Gasteiger partial charge in [-0.25, -0.2) is 4.79 Å². The zero-order valence-corrected chi connectivity index (χ0v) is 18.1. The SMILES string of the molecule is CC(Oc1ccc(CC(Oc2ccccc2)C(=O)O)cc1)N1CCSc2ccccc21. The van der Waals surface area contributed by atoms with Crippen LogP contribution >= 0.6 is 11.8 Å². The van der Waals surface area contributed by atoms with Crippen molar-refractivity contribution in [1.29, 1.82) is 0 Å². The van der Waals surface area contributed by atoms with Gasteiger partial charge in [0.1, 0.15) is 11.5 Å². The average Bonchev–Trinajstić information content (AvgIpc) is 2.80. The van der Waals surface area contributed by atoms with Crippen molar-refractivity contribution in [3.63, 3.8) is 0 Å². The number of para-hydroxylation sites is 2. The van der Waals surface area contributed by atoms with E-state index in [4.69, 9.17) is 9.47 Å². The number of rotatable bonds is 8. The quantitative estimate of drug-likeness (QED) is 0.531. The van der Waals surface area contributed by atoms with Crippen LogP contribution in [-0.4, -0.2) is 35.7 Å². The molecule has 0 aliphatic carbocycles. The Morgan fingerprint density at radius 1 is 0.968 bits per heavy atom. The molecule has 1 aliphatic rings. The van der Waals surface area contributed by atoms with Crippen LogP contribution in [0, 0.1) is 0 Å². The first kappa shape index (κ1) is 21.1. The number of carboxylic acids is 1.